The largest absolute Gasteiger partial charge is 0.460 e. The van der Waals surface area contributed by atoms with Crippen LogP contribution in [0.4, 0.5) is 0 Å². The highest BCUT2D eigenvalue weighted by molar-refractivity contribution is 6.36. The van der Waals surface area contributed by atoms with Crippen molar-refractivity contribution < 1.29 is 23.9 Å². The van der Waals surface area contributed by atoms with Crippen LogP contribution in [0.2, 0.25) is 0 Å². The van der Waals surface area contributed by atoms with Crippen LogP contribution in [0, 0.1) is 0 Å². The van der Waals surface area contributed by atoms with Crippen LogP contribution in [-0.4, -0.2) is 36.2 Å². The van der Waals surface area contributed by atoms with Gasteiger partial charge in [0.1, 0.15) is 19.2 Å². The summed E-state index contributed by atoms with van der Waals surface area (Å²) in [6.07, 6.45) is 4.19. The second kappa shape index (κ2) is 15.3. The van der Waals surface area contributed by atoms with Gasteiger partial charge < -0.3 is 15.4 Å². The number of ketones is 1. The number of fused-ring (bicyclic) bond motifs is 1. The SMILES string of the molecule is CCCC[C@H](NC(=O)C(=O)CCCCc1ccc2ccccc2c1)C(=O)NCC(=O)OCc1ccccc1. The average Bonchev–Trinajstić information content (AvgIpc) is 2.95. The molecule has 3 aromatic carbocycles. The monoisotopic (exact) mass is 516 g/mol. The standard InChI is InChI=1S/C31H36N2O5/c1-2-3-16-27(30(36)32-21-29(35)38-22-24-12-5-4-6-13-24)33-31(37)28(34)17-10-7-11-23-18-19-25-14-8-9-15-26(25)20-23/h4-6,8-9,12-15,18-20,27H,2-3,7,10-11,16-17,21-22H2,1H3,(H,32,36)(H,33,37)/t27-/m0/s1. The molecule has 0 radical (unpaired) electrons. The summed E-state index contributed by atoms with van der Waals surface area (Å²) in [5.41, 5.74) is 2.04. The maximum atomic E-state index is 12.7. The molecule has 0 saturated heterocycles. The molecule has 0 aromatic heterocycles. The number of unbranched alkanes of at least 4 members (excludes halogenated alkanes) is 2. The van der Waals surface area contributed by atoms with E-state index >= 15 is 0 Å². The van der Waals surface area contributed by atoms with Crippen LogP contribution in [0.15, 0.2) is 72.8 Å². The number of rotatable bonds is 15. The Hall–Kier alpha value is -4.00. The average molecular weight is 517 g/mol. The zero-order valence-electron chi connectivity index (χ0n) is 21.9. The molecule has 0 fully saturated rings. The smallest absolute Gasteiger partial charge is 0.325 e. The molecule has 2 N–H and O–H groups in total. The molecule has 7 heteroatoms. The van der Waals surface area contributed by atoms with Gasteiger partial charge in [-0.15, -0.1) is 0 Å². The molecule has 3 aromatic rings. The lowest BCUT2D eigenvalue weighted by Crippen LogP contribution is -2.49. The Bertz CT molecular complexity index is 1230. The molecule has 38 heavy (non-hydrogen) atoms. The van der Waals surface area contributed by atoms with E-state index in [2.05, 4.69) is 41.0 Å². The van der Waals surface area contributed by atoms with Crippen LogP contribution in [0.3, 0.4) is 0 Å². The second-order valence-corrected chi connectivity index (χ2v) is 9.34. The third kappa shape index (κ3) is 9.47. The summed E-state index contributed by atoms with van der Waals surface area (Å²) in [5.74, 6) is -2.39. The first kappa shape index (κ1) is 28.6. The number of ether oxygens (including phenoxy) is 1. The van der Waals surface area contributed by atoms with E-state index in [1.165, 1.54) is 16.3 Å². The van der Waals surface area contributed by atoms with Crippen molar-refractivity contribution >= 4 is 34.3 Å². The van der Waals surface area contributed by atoms with Crippen molar-refractivity contribution in [1.82, 2.24) is 10.6 Å². The molecule has 0 bridgehead atoms. The van der Waals surface area contributed by atoms with E-state index in [4.69, 9.17) is 4.74 Å². The minimum absolute atomic E-state index is 0.112. The van der Waals surface area contributed by atoms with Crippen molar-refractivity contribution in [2.45, 2.75) is 64.5 Å². The number of benzene rings is 3. The van der Waals surface area contributed by atoms with E-state index in [0.717, 1.165) is 24.8 Å². The number of Topliss-reactive ketones (excluding diaryl/α,β-unsaturated/α-hetero) is 1. The first-order chi connectivity index (χ1) is 18.5. The number of nitrogens with one attached hydrogen (secondary N) is 2. The van der Waals surface area contributed by atoms with Crippen LogP contribution in [0.25, 0.3) is 10.8 Å². The van der Waals surface area contributed by atoms with Gasteiger partial charge in [-0.1, -0.05) is 92.6 Å². The summed E-state index contributed by atoms with van der Waals surface area (Å²) < 4.78 is 5.17. The minimum atomic E-state index is -0.883. The number of hydrogen-bond acceptors (Lipinski definition) is 5. The molecule has 0 aliphatic heterocycles. The fraction of sp³-hybridized carbons (Fsp3) is 0.355. The van der Waals surface area contributed by atoms with Crippen LogP contribution in [0.1, 0.15) is 56.6 Å². The Morgan fingerprint density at radius 2 is 1.55 bits per heavy atom. The van der Waals surface area contributed by atoms with E-state index in [0.29, 0.717) is 19.3 Å². The van der Waals surface area contributed by atoms with Crippen molar-refractivity contribution in [3.05, 3.63) is 83.9 Å². The van der Waals surface area contributed by atoms with Crippen molar-refractivity contribution in [2.75, 3.05) is 6.54 Å². The molecule has 0 spiro atoms. The zero-order chi connectivity index (χ0) is 27.2. The third-order valence-corrected chi connectivity index (χ3v) is 6.30. The van der Waals surface area contributed by atoms with Crippen molar-refractivity contribution in [2.24, 2.45) is 0 Å². The van der Waals surface area contributed by atoms with Gasteiger partial charge in [-0.05, 0) is 47.6 Å². The van der Waals surface area contributed by atoms with Gasteiger partial charge in [0, 0.05) is 6.42 Å². The summed E-state index contributed by atoms with van der Waals surface area (Å²) >= 11 is 0. The van der Waals surface area contributed by atoms with Crippen LogP contribution in [0.5, 0.6) is 0 Å². The van der Waals surface area contributed by atoms with Crippen molar-refractivity contribution in [1.29, 1.82) is 0 Å². The van der Waals surface area contributed by atoms with Gasteiger partial charge in [0.2, 0.25) is 11.7 Å². The number of esters is 1. The van der Waals surface area contributed by atoms with Gasteiger partial charge in [0.15, 0.2) is 0 Å². The van der Waals surface area contributed by atoms with E-state index < -0.39 is 29.6 Å². The van der Waals surface area contributed by atoms with E-state index in [9.17, 15) is 19.2 Å². The quantitative estimate of drug-likeness (QED) is 0.174. The Kier molecular flexibility index (Phi) is 11.5. The minimum Gasteiger partial charge on any atom is -0.460 e. The molecule has 0 saturated carbocycles. The molecule has 3 rings (SSSR count). The lowest BCUT2D eigenvalue weighted by atomic mass is 10.0. The Labute approximate surface area is 224 Å². The van der Waals surface area contributed by atoms with Gasteiger partial charge in [-0.2, -0.15) is 0 Å². The molecular formula is C31H36N2O5. The predicted octanol–water partition coefficient (Wildman–Crippen LogP) is 4.66. The summed E-state index contributed by atoms with van der Waals surface area (Å²) in [7, 11) is 0. The van der Waals surface area contributed by atoms with Gasteiger partial charge in [-0.25, -0.2) is 0 Å². The first-order valence-corrected chi connectivity index (χ1v) is 13.2. The number of aryl methyl sites for hydroxylation is 1. The second-order valence-electron chi connectivity index (χ2n) is 9.34. The molecular weight excluding hydrogens is 480 g/mol. The number of amides is 2. The van der Waals surface area contributed by atoms with Gasteiger partial charge >= 0.3 is 5.97 Å². The maximum absolute atomic E-state index is 12.7. The first-order valence-electron chi connectivity index (χ1n) is 13.2. The summed E-state index contributed by atoms with van der Waals surface area (Å²) in [4.78, 5) is 49.6. The molecule has 0 heterocycles. The van der Waals surface area contributed by atoms with Crippen molar-refractivity contribution in [3.8, 4) is 0 Å². The highest BCUT2D eigenvalue weighted by Crippen LogP contribution is 2.17. The molecule has 2 amide bonds. The number of hydrogen-bond donors (Lipinski definition) is 2. The highest BCUT2D eigenvalue weighted by Gasteiger charge is 2.24. The summed E-state index contributed by atoms with van der Waals surface area (Å²) in [5, 5.41) is 7.45. The Morgan fingerprint density at radius 1 is 0.816 bits per heavy atom. The number of carbonyl (C=O) groups is 4. The predicted molar refractivity (Wildman–Crippen MR) is 147 cm³/mol. The zero-order valence-corrected chi connectivity index (χ0v) is 21.9. The molecule has 200 valence electrons. The summed E-state index contributed by atoms with van der Waals surface area (Å²) in [6.45, 7) is 1.77. The maximum Gasteiger partial charge on any atom is 0.325 e. The third-order valence-electron chi connectivity index (χ3n) is 6.30. The van der Waals surface area contributed by atoms with Crippen LogP contribution < -0.4 is 10.6 Å². The van der Waals surface area contributed by atoms with Crippen LogP contribution >= 0.6 is 0 Å². The topological polar surface area (TPSA) is 102 Å². The molecule has 7 nitrogen and oxygen atoms in total. The highest BCUT2D eigenvalue weighted by atomic mass is 16.5. The van der Waals surface area contributed by atoms with Crippen molar-refractivity contribution in [3.63, 3.8) is 0 Å². The van der Waals surface area contributed by atoms with Gasteiger partial charge in [-0.3, -0.25) is 19.2 Å². The number of carbonyl (C=O) groups excluding carboxylic acids is 4. The fourth-order valence-corrected chi connectivity index (χ4v) is 4.11. The van der Waals surface area contributed by atoms with E-state index in [-0.39, 0.29) is 19.6 Å². The normalized spacial score (nSPS) is 11.5. The summed E-state index contributed by atoms with van der Waals surface area (Å²) in [6, 6.07) is 22.8. The Morgan fingerprint density at radius 3 is 2.32 bits per heavy atom. The lowest BCUT2D eigenvalue weighted by molar-refractivity contribution is -0.145. The van der Waals surface area contributed by atoms with Crippen LogP contribution in [-0.2, 0) is 36.9 Å². The van der Waals surface area contributed by atoms with E-state index in [1.54, 1.807) is 0 Å². The molecule has 0 aliphatic carbocycles. The molecule has 0 aliphatic rings. The van der Waals surface area contributed by atoms with Gasteiger partial charge in [0.25, 0.3) is 5.91 Å². The molecule has 0 unspecified atom stereocenters. The van der Waals surface area contributed by atoms with Gasteiger partial charge in [0.05, 0.1) is 0 Å². The fourth-order valence-electron chi connectivity index (χ4n) is 4.11. The lowest BCUT2D eigenvalue weighted by Gasteiger charge is -2.17. The molecule has 1 atom stereocenters. The van der Waals surface area contributed by atoms with E-state index in [1.807, 2.05) is 49.4 Å². The Balaban J connectivity index is 1.40.